The zero-order valence-corrected chi connectivity index (χ0v) is 13.3. The highest BCUT2D eigenvalue weighted by Crippen LogP contribution is 2.62. The van der Waals surface area contributed by atoms with Crippen molar-refractivity contribution in [1.29, 1.82) is 0 Å². The molecule has 21 heavy (non-hydrogen) atoms. The molecule has 2 nitrogen and oxygen atoms in total. The summed E-state index contributed by atoms with van der Waals surface area (Å²) in [5.41, 5.74) is 1.64. The second kappa shape index (κ2) is 4.68. The van der Waals surface area contributed by atoms with E-state index in [9.17, 15) is 9.90 Å². The molecule has 0 saturated heterocycles. The molecule has 0 amide bonds. The lowest BCUT2D eigenvalue weighted by atomic mass is 9.51. The average molecular weight is 288 g/mol. The van der Waals surface area contributed by atoms with Crippen molar-refractivity contribution >= 4 is 5.78 Å². The number of carbonyl (C=O) groups excluding carboxylic acids is 1. The van der Waals surface area contributed by atoms with Crippen molar-refractivity contribution in [1.82, 2.24) is 0 Å². The SMILES string of the molecule is C[C@@H]1CC(=O)C=C2CC[C@@H]3[C@H](CC[C@]4(C)[C@@H](O)CC[C@@H]34)C21. The number of hydrogen-bond acceptors (Lipinski definition) is 2. The molecule has 0 radical (unpaired) electrons. The maximum atomic E-state index is 11.9. The molecule has 3 fully saturated rings. The molecule has 1 unspecified atom stereocenters. The van der Waals surface area contributed by atoms with Crippen molar-refractivity contribution in [3.63, 3.8) is 0 Å². The van der Waals surface area contributed by atoms with Crippen LogP contribution in [-0.4, -0.2) is 17.0 Å². The zero-order chi connectivity index (χ0) is 14.8. The van der Waals surface area contributed by atoms with Gasteiger partial charge in [-0.15, -0.1) is 0 Å². The molecular weight excluding hydrogens is 260 g/mol. The van der Waals surface area contributed by atoms with Crippen LogP contribution in [0.25, 0.3) is 0 Å². The summed E-state index contributed by atoms with van der Waals surface area (Å²) < 4.78 is 0. The molecule has 4 rings (SSSR count). The van der Waals surface area contributed by atoms with Crippen molar-refractivity contribution in [3.05, 3.63) is 11.6 Å². The van der Waals surface area contributed by atoms with Crippen LogP contribution < -0.4 is 0 Å². The number of carbonyl (C=O) groups is 1. The summed E-state index contributed by atoms with van der Waals surface area (Å²) >= 11 is 0. The molecule has 0 bridgehead atoms. The van der Waals surface area contributed by atoms with Crippen molar-refractivity contribution in [3.8, 4) is 0 Å². The molecule has 0 aromatic heterocycles. The standard InChI is InChI=1S/C19H28O2/c1-11-9-13(20)10-12-3-4-14-15(18(11)12)7-8-19(2)16(14)5-6-17(19)21/h10-11,14-18,21H,3-9H2,1-2H3/t11-,14-,15+,16+,17+,18?,19+/m1/s1. The van der Waals surface area contributed by atoms with Gasteiger partial charge in [0, 0.05) is 6.42 Å². The van der Waals surface area contributed by atoms with Gasteiger partial charge < -0.3 is 5.11 Å². The first-order valence-electron chi connectivity index (χ1n) is 8.92. The summed E-state index contributed by atoms with van der Waals surface area (Å²) in [6.07, 6.45) is 9.71. The van der Waals surface area contributed by atoms with Gasteiger partial charge in [0.2, 0.25) is 0 Å². The number of allylic oxidation sites excluding steroid dienone is 1. The van der Waals surface area contributed by atoms with Crippen LogP contribution in [0.1, 0.15) is 58.8 Å². The number of hydrogen-bond donors (Lipinski definition) is 1. The Morgan fingerprint density at radius 2 is 2.00 bits per heavy atom. The topological polar surface area (TPSA) is 37.3 Å². The highest BCUT2D eigenvalue weighted by atomic mass is 16.3. The van der Waals surface area contributed by atoms with Crippen LogP contribution in [0.3, 0.4) is 0 Å². The molecule has 0 aromatic rings. The summed E-state index contributed by atoms with van der Waals surface area (Å²) in [6.45, 7) is 4.62. The summed E-state index contributed by atoms with van der Waals surface area (Å²) in [5, 5.41) is 10.4. The van der Waals surface area contributed by atoms with Crippen molar-refractivity contribution in [2.75, 3.05) is 0 Å². The van der Waals surface area contributed by atoms with Crippen LogP contribution in [0, 0.1) is 35.0 Å². The first kappa shape index (κ1) is 14.0. The molecule has 0 heterocycles. The Morgan fingerprint density at radius 3 is 2.81 bits per heavy atom. The Labute approximate surface area is 128 Å². The van der Waals surface area contributed by atoms with E-state index in [0.29, 0.717) is 17.6 Å². The molecule has 116 valence electrons. The van der Waals surface area contributed by atoms with Crippen LogP contribution in [0.15, 0.2) is 11.6 Å². The van der Waals surface area contributed by atoms with Gasteiger partial charge in [-0.05, 0) is 79.6 Å². The number of rotatable bonds is 0. The molecule has 0 spiro atoms. The third kappa shape index (κ3) is 1.91. The van der Waals surface area contributed by atoms with Gasteiger partial charge in [0.15, 0.2) is 5.78 Å². The zero-order valence-electron chi connectivity index (χ0n) is 13.3. The Hall–Kier alpha value is -0.630. The van der Waals surface area contributed by atoms with Gasteiger partial charge in [0.1, 0.15) is 0 Å². The van der Waals surface area contributed by atoms with Gasteiger partial charge in [0.25, 0.3) is 0 Å². The Balaban J connectivity index is 1.66. The third-order valence-corrected chi connectivity index (χ3v) is 7.58. The van der Waals surface area contributed by atoms with Crippen molar-refractivity contribution in [2.24, 2.45) is 35.0 Å². The second-order valence-corrected chi connectivity index (χ2v) is 8.50. The van der Waals surface area contributed by atoms with E-state index in [-0.39, 0.29) is 11.5 Å². The molecule has 3 saturated carbocycles. The fraction of sp³-hybridized carbons (Fsp3) is 0.842. The van der Waals surface area contributed by atoms with Crippen molar-refractivity contribution in [2.45, 2.75) is 64.9 Å². The number of aliphatic hydroxyl groups is 1. The molecule has 2 heteroatoms. The van der Waals surface area contributed by atoms with Gasteiger partial charge in [-0.25, -0.2) is 0 Å². The maximum absolute atomic E-state index is 11.9. The van der Waals surface area contributed by atoms with Gasteiger partial charge in [0.05, 0.1) is 6.10 Å². The maximum Gasteiger partial charge on any atom is 0.155 e. The summed E-state index contributed by atoms with van der Waals surface area (Å²) in [5.74, 6) is 3.82. The molecule has 4 aliphatic rings. The van der Waals surface area contributed by atoms with E-state index in [0.717, 1.165) is 37.0 Å². The van der Waals surface area contributed by atoms with Crippen LogP contribution in [-0.2, 0) is 4.79 Å². The molecule has 0 aliphatic heterocycles. The monoisotopic (exact) mass is 288 g/mol. The Morgan fingerprint density at radius 1 is 1.19 bits per heavy atom. The van der Waals surface area contributed by atoms with Crippen LogP contribution >= 0.6 is 0 Å². The van der Waals surface area contributed by atoms with Crippen LogP contribution in [0.2, 0.25) is 0 Å². The van der Waals surface area contributed by atoms with Gasteiger partial charge in [-0.3, -0.25) is 4.79 Å². The van der Waals surface area contributed by atoms with Gasteiger partial charge in [-0.2, -0.15) is 0 Å². The lowest BCUT2D eigenvalue weighted by Crippen LogP contribution is -2.48. The lowest BCUT2D eigenvalue weighted by Gasteiger charge is -2.54. The minimum absolute atomic E-state index is 0.0780. The number of ketones is 1. The normalized spacial score (nSPS) is 52.7. The molecule has 1 N–H and O–H groups in total. The van der Waals surface area contributed by atoms with Crippen LogP contribution in [0.4, 0.5) is 0 Å². The molecule has 4 aliphatic carbocycles. The highest BCUT2D eigenvalue weighted by Gasteiger charge is 2.56. The van der Waals surface area contributed by atoms with E-state index in [1.165, 1.54) is 31.3 Å². The molecule has 7 atom stereocenters. The molecular formula is C19H28O2. The van der Waals surface area contributed by atoms with E-state index < -0.39 is 0 Å². The lowest BCUT2D eigenvalue weighted by molar-refractivity contribution is -0.117. The third-order valence-electron chi connectivity index (χ3n) is 7.58. The summed E-state index contributed by atoms with van der Waals surface area (Å²) in [4.78, 5) is 11.9. The Bertz CT molecular complexity index is 494. The smallest absolute Gasteiger partial charge is 0.155 e. The van der Waals surface area contributed by atoms with Gasteiger partial charge in [-0.1, -0.05) is 19.4 Å². The Kier molecular flexibility index (Phi) is 3.12. The van der Waals surface area contributed by atoms with E-state index >= 15 is 0 Å². The second-order valence-electron chi connectivity index (χ2n) is 8.50. The first-order chi connectivity index (χ1) is 10.0. The summed E-state index contributed by atoms with van der Waals surface area (Å²) in [6, 6.07) is 0. The highest BCUT2D eigenvalue weighted by molar-refractivity contribution is 5.91. The first-order valence-corrected chi connectivity index (χ1v) is 8.92. The molecule has 0 aromatic carbocycles. The number of aliphatic hydroxyl groups excluding tert-OH is 1. The van der Waals surface area contributed by atoms with Crippen molar-refractivity contribution < 1.29 is 9.90 Å². The quantitative estimate of drug-likeness (QED) is 0.737. The van der Waals surface area contributed by atoms with E-state index in [2.05, 4.69) is 13.8 Å². The van der Waals surface area contributed by atoms with E-state index in [4.69, 9.17) is 0 Å². The summed E-state index contributed by atoms with van der Waals surface area (Å²) in [7, 11) is 0. The predicted molar refractivity (Wildman–Crippen MR) is 82.6 cm³/mol. The minimum atomic E-state index is -0.0780. The average Bonchev–Trinajstić information content (AvgIpc) is 2.74. The van der Waals surface area contributed by atoms with Crippen LogP contribution in [0.5, 0.6) is 0 Å². The number of fused-ring (bicyclic) bond motifs is 5. The minimum Gasteiger partial charge on any atom is -0.393 e. The fourth-order valence-electron chi connectivity index (χ4n) is 6.59. The van der Waals surface area contributed by atoms with E-state index in [1.807, 2.05) is 6.08 Å². The predicted octanol–water partition coefficient (Wildman–Crippen LogP) is 3.74. The van der Waals surface area contributed by atoms with Gasteiger partial charge >= 0.3 is 0 Å². The largest absolute Gasteiger partial charge is 0.393 e. The fourth-order valence-corrected chi connectivity index (χ4v) is 6.59. The van der Waals surface area contributed by atoms with E-state index in [1.54, 1.807) is 0 Å².